The molecule has 56 valence electrons. The Morgan fingerprint density at radius 3 is 2.50 bits per heavy atom. The normalized spacial score (nSPS) is 10.3. The van der Waals surface area contributed by atoms with Crippen LogP contribution in [0.1, 0.15) is 19.5 Å². The minimum Gasteiger partial charge on any atom is -0.161 e. The van der Waals surface area contributed by atoms with Crippen molar-refractivity contribution in [1.82, 2.24) is 4.68 Å². The second kappa shape index (κ2) is 2.86. The average molecular weight is 139 g/mol. The van der Waals surface area contributed by atoms with Crippen molar-refractivity contribution >= 4 is 0 Å². The molecule has 0 aliphatic rings. The molecule has 1 rings (SSSR count). The van der Waals surface area contributed by atoms with Crippen molar-refractivity contribution < 1.29 is 4.68 Å². The van der Waals surface area contributed by atoms with Crippen molar-refractivity contribution in [1.29, 1.82) is 0 Å². The van der Waals surface area contributed by atoms with E-state index in [0.717, 1.165) is 13.0 Å². The predicted octanol–water partition coefficient (Wildman–Crippen LogP) is 0.895. The van der Waals surface area contributed by atoms with E-state index in [4.69, 9.17) is 0 Å². The zero-order valence-electron chi connectivity index (χ0n) is 6.96. The molecule has 0 radical (unpaired) electrons. The fourth-order valence-corrected chi connectivity index (χ4v) is 1.21. The number of hydrogen-bond acceptors (Lipinski definition) is 0. The lowest BCUT2D eigenvalue weighted by Gasteiger charge is -1.95. The van der Waals surface area contributed by atoms with E-state index < -0.39 is 0 Å². The number of hydrogen-bond donors (Lipinski definition) is 0. The van der Waals surface area contributed by atoms with E-state index in [1.165, 1.54) is 5.69 Å². The average Bonchev–Trinajstić information content (AvgIpc) is 2.30. The van der Waals surface area contributed by atoms with Gasteiger partial charge in [-0.1, -0.05) is 6.92 Å². The molecule has 0 bridgehead atoms. The van der Waals surface area contributed by atoms with Gasteiger partial charge in [-0.25, -0.2) is 0 Å². The van der Waals surface area contributed by atoms with Crippen LogP contribution in [0.15, 0.2) is 12.3 Å². The Labute approximate surface area is 62.1 Å². The largest absolute Gasteiger partial charge is 0.195 e. The second-order valence-electron chi connectivity index (χ2n) is 2.44. The summed E-state index contributed by atoms with van der Waals surface area (Å²) in [5.41, 5.74) is 1.39. The van der Waals surface area contributed by atoms with E-state index in [1.54, 1.807) is 0 Å². The lowest BCUT2D eigenvalue weighted by atomic mass is 10.3. The van der Waals surface area contributed by atoms with Crippen LogP contribution in [0.2, 0.25) is 0 Å². The van der Waals surface area contributed by atoms with Gasteiger partial charge in [0, 0.05) is 6.07 Å². The van der Waals surface area contributed by atoms with Gasteiger partial charge in [-0.15, -0.1) is 4.68 Å². The molecule has 1 aromatic heterocycles. The highest BCUT2D eigenvalue weighted by Crippen LogP contribution is 1.94. The van der Waals surface area contributed by atoms with Crippen LogP contribution in [0.4, 0.5) is 0 Å². The summed E-state index contributed by atoms with van der Waals surface area (Å²) >= 11 is 0. The quantitative estimate of drug-likeness (QED) is 0.538. The molecule has 0 amide bonds. The Kier molecular flexibility index (Phi) is 2.10. The molecule has 0 atom stereocenters. The number of rotatable bonds is 2. The summed E-state index contributed by atoms with van der Waals surface area (Å²) in [5.74, 6) is 0. The summed E-state index contributed by atoms with van der Waals surface area (Å²) < 4.78 is 4.39. The summed E-state index contributed by atoms with van der Waals surface area (Å²) in [6.45, 7) is 5.38. The standard InChI is InChI=1S/C8H15N2/c1-4-8-6-7-10(5-2)9(8)3/h6-7H,4-5H2,1-3H3/q+1. The van der Waals surface area contributed by atoms with E-state index in [0.29, 0.717) is 0 Å². The second-order valence-corrected chi connectivity index (χ2v) is 2.44. The maximum Gasteiger partial charge on any atom is 0.195 e. The summed E-state index contributed by atoms with van der Waals surface area (Å²) in [6, 6.07) is 2.17. The molecular weight excluding hydrogens is 124 g/mol. The van der Waals surface area contributed by atoms with E-state index in [1.807, 2.05) is 0 Å². The third-order valence-electron chi connectivity index (χ3n) is 1.93. The van der Waals surface area contributed by atoms with Crippen LogP contribution in [0.3, 0.4) is 0 Å². The molecule has 0 unspecified atom stereocenters. The molecule has 0 spiro atoms. The Balaban J connectivity index is 2.97. The third kappa shape index (κ3) is 1.06. The van der Waals surface area contributed by atoms with E-state index >= 15 is 0 Å². The smallest absolute Gasteiger partial charge is 0.161 e. The van der Waals surface area contributed by atoms with E-state index in [-0.39, 0.29) is 0 Å². The molecule has 0 N–H and O–H groups in total. The maximum absolute atomic E-state index is 2.19. The highest BCUT2D eigenvalue weighted by molar-refractivity contribution is 4.95. The fourth-order valence-electron chi connectivity index (χ4n) is 1.21. The Morgan fingerprint density at radius 1 is 1.50 bits per heavy atom. The molecule has 10 heavy (non-hydrogen) atoms. The van der Waals surface area contributed by atoms with E-state index in [2.05, 4.69) is 42.5 Å². The summed E-state index contributed by atoms with van der Waals surface area (Å²) in [7, 11) is 2.10. The molecule has 0 saturated carbocycles. The lowest BCUT2D eigenvalue weighted by Crippen LogP contribution is -2.40. The van der Waals surface area contributed by atoms with Crippen LogP contribution in [-0.2, 0) is 20.0 Å². The van der Waals surface area contributed by atoms with Crippen molar-refractivity contribution in [2.24, 2.45) is 7.05 Å². The molecule has 1 heterocycles. The monoisotopic (exact) mass is 139 g/mol. The summed E-state index contributed by atoms with van der Waals surface area (Å²) in [6.07, 6.45) is 3.24. The predicted molar refractivity (Wildman–Crippen MR) is 40.7 cm³/mol. The Bertz CT molecular complexity index is 192. The first-order valence-corrected chi connectivity index (χ1v) is 3.84. The number of aryl methyl sites for hydroxylation is 2. The molecule has 2 nitrogen and oxygen atoms in total. The van der Waals surface area contributed by atoms with Crippen molar-refractivity contribution in [3.05, 3.63) is 18.0 Å². The zero-order valence-corrected chi connectivity index (χ0v) is 6.96. The molecule has 0 fully saturated rings. The first-order valence-electron chi connectivity index (χ1n) is 3.84. The molecule has 2 heteroatoms. The molecule has 0 saturated heterocycles. The molecule has 1 aromatic rings. The Hall–Kier alpha value is -0.790. The SMILES string of the molecule is CCc1cc[n+](CC)n1C. The van der Waals surface area contributed by atoms with Gasteiger partial charge in [-0.2, -0.15) is 4.68 Å². The van der Waals surface area contributed by atoms with Crippen LogP contribution in [-0.4, -0.2) is 4.68 Å². The minimum atomic E-state index is 1.05. The first kappa shape index (κ1) is 7.32. The van der Waals surface area contributed by atoms with Crippen LogP contribution in [0, 0.1) is 0 Å². The van der Waals surface area contributed by atoms with Gasteiger partial charge in [0.25, 0.3) is 0 Å². The van der Waals surface area contributed by atoms with Crippen molar-refractivity contribution in [3.8, 4) is 0 Å². The van der Waals surface area contributed by atoms with Crippen molar-refractivity contribution in [2.75, 3.05) is 0 Å². The van der Waals surface area contributed by atoms with Crippen LogP contribution < -0.4 is 4.68 Å². The van der Waals surface area contributed by atoms with Crippen molar-refractivity contribution in [2.45, 2.75) is 26.8 Å². The Morgan fingerprint density at radius 2 is 2.20 bits per heavy atom. The van der Waals surface area contributed by atoms with Crippen LogP contribution in [0.25, 0.3) is 0 Å². The lowest BCUT2D eigenvalue weighted by molar-refractivity contribution is -0.770. The minimum absolute atomic E-state index is 1.05. The molecular formula is C8H15N2+. The van der Waals surface area contributed by atoms with Gasteiger partial charge in [0.2, 0.25) is 0 Å². The highest BCUT2D eigenvalue weighted by atomic mass is 15.4. The fraction of sp³-hybridized carbons (Fsp3) is 0.625. The summed E-state index contributed by atoms with van der Waals surface area (Å²) in [5, 5.41) is 0. The first-order chi connectivity index (χ1) is 4.79. The number of aromatic nitrogens is 2. The van der Waals surface area contributed by atoms with E-state index in [9.17, 15) is 0 Å². The van der Waals surface area contributed by atoms with Gasteiger partial charge in [-0.05, 0) is 13.3 Å². The van der Waals surface area contributed by atoms with Gasteiger partial charge in [0.05, 0.1) is 12.7 Å². The van der Waals surface area contributed by atoms with Crippen LogP contribution in [0.5, 0.6) is 0 Å². The maximum atomic E-state index is 2.19. The van der Waals surface area contributed by atoms with Gasteiger partial charge < -0.3 is 0 Å². The summed E-state index contributed by atoms with van der Waals surface area (Å²) in [4.78, 5) is 0. The zero-order chi connectivity index (χ0) is 7.56. The van der Waals surface area contributed by atoms with Crippen LogP contribution >= 0.6 is 0 Å². The highest BCUT2D eigenvalue weighted by Gasteiger charge is 2.05. The molecule has 0 aliphatic heterocycles. The number of nitrogens with zero attached hydrogens (tertiary/aromatic N) is 2. The molecule has 0 aromatic carbocycles. The third-order valence-corrected chi connectivity index (χ3v) is 1.93. The topological polar surface area (TPSA) is 8.81 Å². The van der Waals surface area contributed by atoms with Gasteiger partial charge in [0.15, 0.2) is 12.7 Å². The van der Waals surface area contributed by atoms with Gasteiger partial charge in [-0.3, -0.25) is 0 Å². The van der Waals surface area contributed by atoms with Gasteiger partial charge in [0.1, 0.15) is 0 Å². The molecule has 0 aliphatic carbocycles. The van der Waals surface area contributed by atoms with Crippen molar-refractivity contribution in [3.63, 3.8) is 0 Å². The van der Waals surface area contributed by atoms with Gasteiger partial charge >= 0.3 is 0 Å².